The van der Waals surface area contributed by atoms with Crippen molar-refractivity contribution in [3.05, 3.63) is 23.3 Å². The molecule has 1 N–H and O–H groups in total. The Morgan fingerprint density at radius 2 is 2.08 bits per heavy atom. The van der Waals surface area contributed by atoms with E-state index in [-0.39, 0.29) is 5.69 Å². The molecular weight excluding hydrogens is 168 g/mol. The number of nitrogens with zero attached hydrogens (tertiary/aromatic N) is 2. The lowest BCUT2D eigenvalue weighted by Gasteiger charge is -2.01. The van der Waals surface area contributed by atoms with Crippen LogP contribution in [0.5, 0.6) is 0 Å². The highest BCUT2D eigenvalue weighted by atomic mass is 16.4. The fourth-order valence-corrected chi connectivity index (χ4v) is 1.00. The van der Waals surface area contributed by atoms with E-state index in [1.54, 1.807) is 0 Å². The summed E-state index contributed by atoms with van der Waals surface area (Å²) in [5.74, 6) is -0.399. The molecule has 1 aromatic heterocycles. The van der Waals surface area contributed by atoms with E-state index in [2.05, 4.69) is 9.97 Å². The van der Waals surface area contributed by atoms with E-state index in [0.29, 0.717) is 12.2 Å². The molecule has 0 radical (unpaired) electrons. The lowest BCUT2D eigenvalue weighted by atomic mass is 10.2. The van der Waals surface area contributed by atoms with Gasteiger partial charge in [0.25, 0.3) is 0 Å². The Hall–Kier alpha value is -1.45. The predicted octanol–water partition coefficient (Wildman–Crippen LogP) is 1.30. The monoisotopic (exact) mass is 180 g/mol. The van der Waals surface area contributed by atoms with Gasteiger partial charge in [-0.2, -0.15) is 0 Å². The molecule has 4 heteroatoms. The highest BCUT2D eigenvalue weighted by molar-refractivity contribution is 5.85. The molecule has 13 heavy (non-hydrogen) atoms. The molecule has 0 saturated heterocycles. The van der Waals surface area contributed by atoms with Gasteiger partial charge in [0.05, 0.1) is 0 Å². The number of hydrogen-bond acceptors (Lipinski definition) is 3. The van der Waals surface area contributed by atoms with E-state index in [1.807, 2.05) is 13.8 Å². The number of carboxylic acid groups (broad SMARTS) is 1. The molecule has 4 nitrogen and oxygen atoms in total. The molecule has 1 heterocycles. The standard InChI is InChI=1S/C9H12N2O2/c1-3-6-5-7(9(12)13)11-8(4-2)10-6/h5H,3-4H2,1-2H3,(H,12,13). The van der Waals surface area contributed by atoms with Crippen molar-refractivity contribution in [2.45, 2.75) is 26.7 Å². The molecule has 0 bridgehead atoms. The van der Waals surface area contributed by atoms with Gasteiger partial charge in [-0.3, -0.25) is 0 Å². The van der Waals surface area contributed by atoms with Gasteiger partial charge in [-0.05, 0) is 12.5 Å². The number of carbonyl (C=O) groups is 1. The van der Waals surface area contributed by atoms with Crippen LogP contribution in [-0.2, 0) is 12.8 Å². The van der Waals surface area contributed by atoms with Gasteiger partial charge in [-0.1, -0.05) is 13.8 Å². The Labute approximate surface area is 76.7 Å². The van der Waals surface area contributed by atoms with E-state index in [1.165, 1.54) is 6.07 Å². The highest BCUT2D eigenvalue weighted by Crippen LogP contribution is 2.03. The summed E-state index contributed by atoms with van der Waals surface area (Å²) >= 11 is 0. The Kier molecular flexibility index (Phi) is 2.95. The Morgan fingerprint density at radius 3 is 2.54 bits per heavy atom. The highest BCUT2D eigenvalue weighted by Gasteiger charge is 2.07. The molecule has 0 aromatic carbocycles. The normalized spacial score (nSPS) is 10.0. The van der Waals surface area contributed by atoms with Crippen LogP contribution in [0.15, 0.2) is 6.07 Å². The van der Waals surface area contributed by atoms with Crippen LogP contribution in [0.3, 0.4) is 0 Å². The zero-order chi connectivity index (χ0) is 9.84. The van der Waals surface area contributed by atoms with E-state index < -0.39 is 5.97 Å². The first-order valence-corrected chi connectivity index (χ1v) is 4.27. The number of aromatic nitrogens is 2. The van der Waals surface area contributed by atoms with Crippen molar-refractivity contribution >= 4 is 5.97 Å². The molecule has 0 aliphatic carbocycles. The topological polar surface area (TPSA) is 63.1 Å². The molecule has 0 atom stereocenters. The summed E-state index contributed by atoms with van der Waals surface area (Å²) in [6.45, 7) is 3.84. The third-order valence-electron chi connectivity index (χ3n) is 1.72. The van der Waals surface area contributed by atoms with Gasteiger partial charge in [0, 0.05) is 12.1 Å². The number of aryl methyl sites for hydroxylation is 2. The van der Waals surface area contributed by atoms with Crippen LogP contribution in [-0.4, -0.2) is 21.0 Å². The zero-order valence-corrected chi connectivity index (χ0v) is 7.74. The van der Waals surface area contributed by atoms with Crippen LogP contribution in [0.25, 0.3) is 0 Å². The van der Waals surface area contributed by atoms with Crippen molar-refractivity contribution in [2.75, 3.05) is 0 Å². The van der Waals surface area contributed by atoms with Gasteiger partial charge >= 0.3 is 5.97 Å². The van der Waals surface area contributed by atoms with Crippen LogP contribution >= 0.6 is 0 Å². The van der Waals surface area contributed by atoms with Crippen LogP contribution in [0.1, 0.15) is 35.9 Å². The van der Waals surface area contributed by atoms with Crippen molar-refractivity contribution in [1.29, 1.82) is 0 Å². The van der Waals surface area contributed by atoms with Gasteiger partial charge in [0.1, 0.15) is 5.82 Å². The molecule has 70 valence electrons. The van der Waals surface area contributed by atoms with Crippen molar-refractivity contribution in [3.8, 4) is 0 Å². The fourth-order valence-electron chi connectivity index (χ4n) is 1.00. The minimum atomic E-state index is -0.994. The van der Waals surface area contributed by atoms with Crippen molar-refractivity contribution in [1.82, 2.24) is 9.97 Å². The maximum Gasteiger partial charge on any atom is 0.354 e. The lowest BCUT2D eigenvalue weighted by Crippen LogP contribution is -2.07. The summed E-state index contributed by atoms with van der Waals surface area (Å²) < 4.78 is 0. The Balaban J connectivity index is 3.14. The van der Waals surface area contributed by atoms with Crippen LogP contribution < -0.4 is 0 Å². The first-order valence-electron chi connectivity index (χ1n) is 4.27. The zero-order valence-electron chi connectivity index (χ0n) is 7.74. The molecule has 0 fully saturated rings. The van der Waals surface area contributed by atoms with Gasteiger partial charge in [0.2, 0.25) is 0 Å². The summed E-state index contributed by atoms with van der Waals surface area (Å²) in [6, 6.07) is 1.52. The van der Waals surface area contributed by atoms with E-state index in [0.717, 1.165) is 12.1 Å². The van der Waals surface area contributed by atoms with E-state index in [4.69, 9.17) is 5.11 Å². The van der Waals surface area contributed by atoms with E-state index >= 15 is 0 Å². The maximum atomic E-state index is 10.6. The molecular formula is C9H12N2O2. The predicted molar refractivity (Wildman–Crippen MR) is 47.7 cm³/mol. The quantitative estimate of drug-likeness (QED) is 0.761. The van der Waals surface area contributed by atoms with Crippen molar-refractivity contribution in [2.24, 2.45) is 0 Å². The lowest BCUT2D eigenvalue weighted by molar-refractivity contribution is 0.0689. The van der Waals surface area contributed by atoms with Gasteiger partial charge in [-0.15, -0.1) is 0 Å². The molecule has 0 aliphatic rings. The largest absolute Gasteiger partial charge is 0.477 e. The Morgan fingerprint density at radius 1 is 1.38 bits per heavy atom. The summed E-state index contributed by atoms with van der Waals surface area (Å²) in [7, 11) is 0. The molecule has 1 aromatic rings. The SMILES string of the molecule is CCc1cc(C(=O)O)nc(CC)n1. The molecule has 1 rings (SSSR count). The minimum Gasteiger partial charge on any atom is -0.477 e. The molecule has 0 aliphatic heterocycles. The van der Waals surface area contributed by atoms with Crippen molar-refractivity contribution < 1.29 is 9.90 Å². The third-order valence-corrected chi connectivity index (χ3v) is 1.72. The first-order chi connectivity index (χ1) is 6.17. The second kappa shape index (κ2) is 3.98. The number of rotatable bonds is 3. The van der Waals surface area contributed by atoms with Gasteiger partial charge in [-0.25, -0.2) is 14.8 Å². The second-order valence-corrected chi connectivity index (χ2v) is 2.67. The summed E-state index contributed by atoms with van der Waals surface area (Å²) in [5, 5.41) is 8.73. The van der Waals surface area contributed by atoms with Gasteiger partial charge in [0.15, 0.2) is 5.69 Å². The Bertz CT molecular complexity index is 301. The summed E-state index contributed by atoms with van der Waals surface area (Å²) in [4.78, 5) is 18.7. The van der Waals surface area contributed by atoms with Gasteiger partial charge < -0.3 is 5.11 Å². The van der Waals surface area contributed by atoms with Crippen molar-refractivity contribution in [3.63, 3.8) is 0 Å². The number of aromatic carboxylic acids is 1. The fraction of sp³-hybridized carbons (Fsp3) is 0.444. The van der Waals surface area contributed by atoms with E-state index in [9.17, 15) is 4.79 Å². The number of hydrogen-bond donors (Lipinski definition) is 1. The molecule has 0 spiro atoms. The molecule has 0 unspecified atom stereocenters. The summed E-state index contributed by atoms with van der Waals surface area (Å²) in [5.41, 5.74) is 0.868. The first kappa shape index (κ1) is 9.64. The van der Waals surface area contributed by atoms with Crippen LogP contribution in [0.4, 0.5) is 0 Å². The minimum absolute atomic E-state index is 0.0868. The third kappa shape index (κ3) is 2.24. The average Bonchev–Trinajstić information content (AvgIpc) is 2.16. The van der Waals surface area contributed by atoms with Crippen LogP contribution in [0.2, 0.25) is 0 Å². The average molecular weight is 180 g/mol. The maximum absolute atomic E-state index is 10.6. The molecule has 0 saturated carbocycles. The summed E-state index contributed by atoms with van der Waals surface area (Å²) in [6.07, 6.45) is 1.39. The smallest absolute Gasteiger partial charge is 0.354 e. The number of carboxylic acids is 1. The van der Waals surface area contributed by atoms with Crippen LogP contribution in [0, 0.1) is 0 Å². The molecule has 0 amide bonds. The second-order valence-electron chi connectivity index (χ2n) is 2.67.